The molecule has 1 fully saturated rings. The van der Waals surface area contributed by atoms with Gasteiger partial charge < -0.3 is 4.74 Å². The van der Waals surface area contributed by atoms with Crippen LogP contribution in [0.4, 0.5) is 0 Å². The molecule has 4 rings (SSSR count). The molecule has 2 nitrogen and oxygen atoms in total. The smallest absolute Gasteiger partial charge is 0.316 e. The Morgan fingerprint density at radius 3 is 2.19 bits per heavy atom. The molecule has 0 bridgehead atoms. The first kappa shape index (κ1) is 17.4. The number of rotatable bonds is 5. The van der Waals surface area contributed by atoms with Crippen molar-refractivity contribution >= 4 is 39.3 Å². The minimum Gasteiger partial charge on any atom is -0.459 e. The summed E-state index contributed by atoms with van der Waals surface area (Å²) in [5.41, 5.74) is 1.08. The Kier molecular flexibility index (Phi) is 4.90. The number of fused-ring (bicyclic) bond motifs is 2. The van der Waals surface area contributed by atoms with Crippen molar-refractivity contribution in [1.82, 2.24) is 0 Å². The highest BCUT2D eigenvalue weighted by Gasteiger charge is 2.32. The molecular weight excluding hydrogens is 340 g/mol. The highest BCUT2D eigenvalue weighted by atomic mass is 32.2. The Morgan fingerprint density at radius 2 is 1.58 bits per heavy atom. The zero-order chi connectivity index (χ0) is 18.0. The molecule has 3 aromatic carbocycles. The molecule has 3 heteroatoms. The van der Waals surface area contributed by atoms with E-state index in [2.05, 4.69) is 61.5 Å². The number of carbonyl (C=O) groups excluding carboxylic acids is 1. The third-order valence-corrected chi connectivity index (χ3v) is 6.30. The first-order chi connectivity index (χ1) is 12.6. The van der Waals surface area contributed by atoms with Crippen LogP contribution in [0.1, 0.15) is 38.2 Å². The lowest BCUT2D eigenvalue weighted by molar-refractivity contribution is -0.154. The Labute approximate surface area is 158 Å². The largest absolute Gasteiger partial charge is 0.459 e. The normalized spacial score (nSPS) is 16.2. The van der Waals surface area contributed by atoms with Gasteiger partial charge >= 0.3 is 5.97 Å². The maximum Gasteiger partial charge on any atom is 0.316 e. The van der Waals surface area contributed by atoms with Crippen LogP contribution in [0.3, 0.4) is 0 Å². The van der Waals surface area contributed by atoms with E-state index in [1.165, 1.54) is 39.9 Å². The molecule has 1 aliphatic rings. The van der Waals surface area contributed by atoms with Gasteiger partial charge in [0.1, 0.15) is 5.60 Å². The molecule has 0 saturated heterocycles. The second-order valence-electron chi connectivity index (χ2n) is 7.42. The first-order valence-electron chi connectivity index (χ1n) is 9.34. The van der Waals surface area contributed by atoms with E-state index >= 15 is 0 Å². The highest BCUT2D eigenvalue weighted by Crippen LogP contribution is 2.34. The summed E-state index contributed by atoms with van der Waals surface area (Å²) in [6.07, 6.45) is 4.33. The van der Waals surface area contributed by atoms with Crippen molar-refractivity contribution in [3.8, 4) is 0 Å². The fourth-order valence-electron chi connectivity index (χ4n) is 4.03. The summed E-state index contributed by atoms with van der Waals surface area (Å²) >= 11 is 1.65. The molecule has 0 aliphatic heterocycles. The minimum absolute atomic E-state index is 0.0797. The third-order valence-electron chi connectivity index (χ3n) is 5.37. The number of thioether (sulfide) groups is 1. The Hall–Kier alpha value is -2.00. The van der Waals surface area contributed by atoms with Gasteiger partial charge in [0.2, 0.25) is 0 Å². The maximum absolute atomic E-state index is 12.3. The summed E-state index contributed by atoms with van der Waals surface area (Å²) in [4.78, 5) is 12.3. The Bertz CT molecular complexity index is 887. The number of carbonyl (C=O) groups is 1. The molecule has 0 atom stereocenters. The van der Waals surface area contributed by atoms with E-state index in [4.69, 9.17) is 4.74 Å². The average Bonchev–Trinajstić information content (AvgIpc) is 3.07. The van der Waals surface area contributed by atoms with Crippen LogP contribution in [-0.2, 0) is 15.3 Å². The molecular formula is C23H24O2S. The summed E-state index contributed by atoms with van der Waals surface area (Å²) in [6.45, 7) is 2.07. The molecule has 1 saturated carbocycles. The van der Waals surface area contributed by atoms with Gasteiger partial charge in [0, 0.05) is 5.75 Å². The van der Waals surface area contributed by atoms with E-state index in [-0.39, 0.29) is 11.6 Å². The fourth-order valence-corrected chi connectivity index (χ4v) is 4.87. The summed E-state index contributed by atoms with van der Waals surface area (Å²) < 4.78 is 5.75. The van der Waals surface area contributed by atoms with Crippen LogP contribution in [0, 0.1) is 0 Å². The quantitative estimate of drug-likeness (QED) is 0.404. The molecule has 0 aromatic heterocycles. The monoisotopic (exact) mass is 364 g/mol. The highest BCUT2D eigenvalue weighted by molar-refractivity contribution is 7.99. The van der Waals surface area contributed by atoms with Crippen LogP contribution >= 0.6 is 11.8 Å². The zero-order valence-corrected chi connectivity index (χ0v) is 16.0. The van der Waals surface area contributed by atoms with E-state index in [9.17, 15) is 4.79 Å². The standard InChI is InChI=1S/C23H24O2S/c1-23(12-6-7-13-23)25-22(24)16-26-15-21-19-10-4-2-8-17(19)14-18-9-3-5-11-20(18)21/h2-5,8-11,14H,6-7,12-13,15-16H2,1H3. The Balaban J connectivity index is 1.52. The van der Waals surface area contributed by atoms with Crippen molar-refractivity contribution in [2.24, 2.45) is 0 Å². The van der Waals surface area contributed by atoms with Gasteiger partial charge in [0.05, 0.1) is 5.75 Å². The third kappa shape index (κ3) is 3.59. The number of ether oxygens (including phenoxy) is 1. The van der Waals surface area contributed by atoms with Gasteiger partial charge in [-0.25, -0.2) is 0 Å². The number of esters is 1. The molecule has 1 aliphatic carbocycles. The van der Waals surface area contributed by atoms with E-state index in [0.29, 0.717) is 5.75 Å². The summed E-state index contributed by atoms with van der Waals surface area (Å²) in [5.74, 6) is 1.14. The SMILES string of the molecule is CC1(OC(=O)CSCc2c3ccccc3cc3ccccc23)CCCC1. The van der Waals surface area contributed by atoms with E-state index in [1.807, 2.05) is 0 Å². The van der Waals surface area contributed by atoms with E-state index in [1.54, 1.807) is 11.8 Å². The van der Waals surface area contributed by atoms with Gasteiger partial charge in [-0.1, -0.05) is 48.5 Å². The van der Waals surface area contributed by atoms with Crippen LogP contribution in [0.2, 0.25) is 0 Å². The lowest BCUT2D eigenvalue weighted by Crippen LogP contribution is -2.28. The minimum atomic E-state index is -0.232. The van der Waals surface area contributed by atoms with E-state index < -0.39 is 0 Å². The molecule has 0 amide bonds. The number of hydrogen-bond acceptors (Lipinski definition) is 3. The van der Waals surface area contributed by atoms with Crippen molar-refractivity contribution in [2.75, 3.05) is 5.75 Å². The Morgan fingerprint density at radius 1 is 1.00 bits per heavy atom. The zero-order valence-electron chi connectivity index (χ0n) is 15.2. The molecule has 3 aromatic rings. The molecule has 26 heavy (non-hydrogen) atoms. The molecule has 0 N–H and O–H groups in total. The van der Waals surface area contributed by atoms with Crippen LogP contribution in [0.5, 0.6) is 0 Å². The van der Waals surface area contributed by atoms with Gasteiger partial charge in [-0.05, 0) is 65.8 Å². The maximum atomic E-state index is 12.3. The van der Waals surface area contributed by atoms with Gasteiger partial charge in [-0.2, -0.15) is 0 Å². The second kappa shape index (κ2) is 7.32. The van der Waals surface area contributed by atoms with Crippen LogP contribution in [0.25, 0.3) is 21.5 Å². The van der Waals surface area contributed by atoms with Crippen LogP contribution in [0.15, 0.2) is 54.6 Å². The molecule has 0 radical (unpaired) electrons. The fraction of sp³-hybridized carbons (Fsp3) is 0.348. The molecule has 134 valence electrons. The number of hydrogen-bond donors (Lipinski definition) is 0. The summed E-state index contributed by atoms with van der Waals surface area (Å²) in [5, 5.41) is 5.05. The van der Waals surface area contributed by atoms with Gasteiger partial charge in [-0.15, -0.1) is 11.8 Å². The number of benzene rings is 3. The van der Waals surface area contributed by atoms with Gasteiger partial charge in [-0.3, -0.25) is 4.79 Å². The van der Waals surface area contributed by atoms with Gasteiger partial charge in [0.15, 0.2) is 0 Å². The summed E-state index contributed by atoms with van der Waals surface area (Å²) in [6, 6.07) is 19.2. The lowest BCUT2D eigenvalue weighted by atomic mass is 9.98. The van der Waals surface area contributed by atoms with Crippen molar-refractivity contribution in [3.05, 3.63) is 60.2 Å². The average molecular weight is 365 g/mol. The lowest BCUT2D eigenvalue weighted by Gasteiger charge is -2.24. The van der Waals surface area contributed by atoms with E-state index in [0.717, 1.165) is 18.6 Å². The molecule has 0 heterocycles. The summed E-state index contributed by atoms with van der Waals surface area (Å²) in [7, 11) is 0. The first-order valence-corrected chi connectivity index (χ1v) is 10.5. The molecule has 0 spiro atoms. The van der Waals surface area contributed by atoms with Crippen molar-refractivity contribution in [2.45, 2.75) is 44.0 Å². The van der Waals surface area contributed by atoms with Crippen molar-refractivity contribution < 1.29 is 9.53 Å². The van der Waals surface area contributed by atoms with Crippen molar-refractivity contribution in [1.29, 1.82) is 0 Å². The predicted octanol–water partition coefficient (Wildman–Crippen LogP) is 6.10. The topological polar surface area (TPSA) is 26.3 Å². The van der Waals surface area contributed by atoms with Gasteiger partial charge in [0.25, 0.3) is 0 Å². The van der Waals surface area contributed by atoms with Crippen LogP contribution < -0.4 is 0 Å². The van der Waals surface area contributed by atoms with Crippen LogP contribution in [-0.4, -0.2) is 17.3 Å². The van der Waals surface area contributed by atoms with Crippen molar-refractivity contribution in [3.63, 3.8) is 0 Å². The molecule has 0 unspecified atom stereocenters. The second-order valence-corrected chi connectivity index (χ2v) is 8.41. The predicted molar refractivity (Wildman–Crippen MR) is 111 cm³/mol.